The van der Waals surface area contributed by atoms with Crippen LogP contribution in [0.1, 0.15) is 31.9 Å². The average Bonchev–Trinajstić information content (AvgIpc) is 2.74. The number of amides is 2. The molecule has 2 aromatic carbocycles. The van der Waals surface area contributed by atoms with Gasteiger partial charge < -0.3 is 15.0 Å². The first-order valence-corrected chi connectivity index (χ1v) is 11.4. The predicted octanol–water partition coefficient (Wildman–Crippen LogP) is 5.66. The van der Waals surface area contributed by atoms with E-state index in [4.69, 9.17) is 27.9 Å². The van der Waals surface area contributed by atoms with Crippen molar-refractivity contribution in [2.24, 2.45) is 0 Å². The van der Waals surface area contributed by atoms with Gasteiger partial charge in [-0.2, -0.15) is 0 Å². The lowest BCUT2D eigenvalue weighted by molar-refractivity contribution is 0.0349. The third-order valence-electron chi connectivity index (χ3n) is 5.44. The first-order valence-electron chi connectivity index (χ1n) is 10.6. The molecule has 1 aliphatic heterocycles. The molecule has 168 valence electrons. The van der Waals surface area contributed by atoms with Crippen molar-refractivity contribution in [3.05, 3.63) is 63.6 Å². The van der Waals surface area contributed by atoms with Gasteiger partial charge in [-0.1, -0.05) is 68.2 Å². The van der Waals surface area contributed by atoms with Crippen LogP contribution in [0.5, 0.6) is 0 Å². The Labute approximate surface area is 195 Å². The minimum atomic E-state index is -0.161. The van der Waals surface area contributed by atoms with Crippen LogP contribution in [0.2, 0.25) is 10.0 Å². The van der Waals surface area contributed by atoms with Crippen LogP contribution in [0.15, 0.2) is 42.5 Å². The normalized spacial score (nSPS) is 15.0. The van der Waals surface area contributed by atoms with Gasteiger partial charge in [0.25, 0.3) is 0 Å². The molecule has 5 nitrogen and oxygen atoms in total. The molecule has 0 aromatic heterocycles. The van der Waals surface area contributed by atoms with Crippen LogP contribution in [-0.2, 0) is 16.7 Å². The third kappa shape index (κ3) is 7.11. The summed E-state index contributed by atoms with van der Waals surface area (Å²) >= 11 is 12.1. The second kappa shape index (κ2) is 10.7. The van der Waals surface area contributed by atoms with E-state index in [1.807, 2.05) is 4.90 Å². The van der Waals surface area contributed by atoms with Crippen LogP contribution < -0.4 is 5.32 Å². The first kappa shape index (κ1) is 23.9. The fourth-order valence-electron chi connectivity index (χ4n) is 3.45. The number of rotatable bonds is 6. The molecule has 1 saturated heterocycles. The molecule has 0 saturated carbocycles. The number of urea groups is 1. The summed E-state index contributed by atoms with van der Waals surface area (Å²) in [5.74, 6) is 0. The van der Waals surface area contributed by atoms with Crippen molar-refractivity contribution in [3.63, 3.8) is 0 Å². The molecule has 7 heteroatoms. The van der Waals surface area contributed by atoms with E-state index in [1.165, 1.54) is 5.56 Å². The van der Waals surface area contributed by atoms with Gasteiger partial charge in [-0.15, -0.1) is 0 Å². The van der Waals surface area contributed by atoms with Crippen LogP contribution in [0, 0.1) is 0 Å². The molecule has 2 amide bonds. The molecule has 0 radical (unpaired) electrons. The molecule has 2 aromatic rings. The van der Waals surface area contributed by atoms with Crippen molar-refractivity contribution in [3.8, 4) is 0 Å². The second-order valence-corrected chi connectivity index (χ2v) is 9.70. The smallest absolute Gasteiger partial charge is 0.322 e. The number of anilines is 1. The number of nitrogens with one attached hydrogen (secondary N) is 1. The number of hydrogen-bond donors (Lipinski definition) is 1. The Balaban J connectivity index is 1.71. The van der Waals surface area contributed by atoms with E-state index in [9.17, 15) is 4.79 Å². The Morgan fingerprint density at radius 2 is 1.74 bits per heavy atom. The quantitative estimate of drug-likeness (QED) is 0.600. The highest BCUT2D eigenvalue weighted by molar-refractivity contribution is 6.42. The summed E-state index contributed by atoms with van der Waals surface area (Å²) in [7, 11) is 0. The topological polar surface area (TPSA) is 44.8 Å². The maximum atomic E-state index is 13.1. The zero-order valence-electron chi connectivity index (χ0n) is 18.5. The summed E-state index contributed by atoms with van der Waals surface area (Å²) in [5.41, 5.74) is 3.09. The van der Waals surface area contributed by atoms with Crippen molar-refractivity contribution < 1.29 is 9.53 Å². The van der Waals surface area contributed by atoms with Gasteiger partial charge in [0.2, 0.25) is 0 Å². The highest BCUT2D eigenvalue weighted by Crippen LogP contribution is 2.26. The van der Waals surface area contributed by atoms with Crippen LogP contribution in [0.25, 0.3) is 0 Å². The van der Waals surface area contributed by atoms with Crippen molar-refractivity contribution >= 4 is 34.9 Å². The predicted molar refractivity (Wildman–Crippen MR) is 128 cm³/mol. The van der Waals surface area contributed by atoms with Gasteiger partial charge in [-0.3, -0.25) is 4.90 Å². The largest absolute Gasteiger partial charge is 0.379 e. The number of nitrogens with zero attached hydrogens (tertiary/aromatic N) is 2. The molecule has 1 fully saturated rings. The minimum absolute atomic E-state index is 0.0970. The average molecular weight is 464 g/mol. The number of hydrogen-bond acceptors (Lipinski definition) is 3. The lowest BCUT2D eigenvalue weighted by atomic mass is 9.87. The van der Waals surface area contributed by atoms with Crippen LogP contribution in [-0.4, -0.2) is 55.2 Å². The fraction of sp³-hybridized carbons (Fsp3) is 0.458. The molecule has 0 bridgehead atoms. The van der Waals surface area contributed by atoms with E-state index in [1.54, 1.807) is 18.2 Å². The Hall–Kier alpha value is -1.79. The van der Waals surface area contributed by atoms with Gasteiger partial charge in [0, 0.05) is 38.4 Å². The first-order chi connectivity index (χ1) is 14.7. The molecule has 31 heavy (non-hydrogen) atoms. The number of ether oxygens (including phenoxy) is 1. The molecular formula is C24H31Cl2N3O2. The van der Waals surface area contributed by atoms with Crippen molar-refractivity contribution in [2.45, 2.75) is 32.7 Å². The molecule has 0 aliphatic carbocycles. The van der Waals surface area contributed by atoms with Crippen molar-refractivity contribution in [1.82, 2.24) is 9.80 Å². The zero-order valence-corrected chi connectivity index (χ0v) is 20.0. The SMILES string of the molecule is CC(C)(C)c1ccc(CN(CCN2CCOCC2)C(=O)Nc2ccc(Cl)c(Cl)c2)cc1. The fourth-order valence-corrected chi connectivity index (χ4v) is 3.74. The molecule has 0 spiro atoms. The van der Waals surface area contributed by atoms with Crippen LogP contribution in [0.4, 0.5) is 10.5 Å². The number of carbonyl (C=O) groups is 1. The Bertz CT molecular complexity index is 875. The molecule has 1 N–H and O–H groups in total. The molecule has 1 heterocycles. The maximum Gasteiger partial charge on any atom is 0.322 e. The second-order valence-electron chi connectivity index (χ2n) is 8.88. The summed E-state index contributed by atoms with van der Waals surface area (Å²) in [5, 5.41) is 3.83. The maximum absolute atomic E-state index is 13.1. The van der Waals surface area contributed by atoms with E-state index >= 15 is 0 Å². The van der Waals surface area contributed by atoms with E-state index in [-0.39, 0.29) is 11.4 Å². The summed E-state index contributed by atoms with van der Waals surface area (Å²) in [6, 6.07) is 13.4. The number of benzene rings is 2. The van der Waals surface area contributed by atoms with Gasteiger partial charge in [0.05, 0.1) is 23.3 Å². The lowest BCUT2D eigenvalue weighted by Gasteiger charge is -2.30. The third-order valence-corrected chi connectivity index (χ3v) is 6.18. The summed E-state index contributed by atoms with van der Waals surface area (Å²) < 4.78 is 5.43. The van der Waals surface area contributed by atoms with Crippen molar-refractivity contribution in [2.75, 3.05) is 44.7 Å². The van der Waals surface area contributed by atoms with Gasteiger partial charge in [-0.25, -0.2) is 4.79 Å². The zero-order chi connectivity index (χ0) is 22.4. The lowest BCUT2D eigenvalue weighted by Crippen LogP contribution is -2.44. The molecular weight excluding hydrogens is 433 g/mol. The highest BCUT2D eigenvalue weighted by atomic mass is 35.5. The van der Waals surface area contributed by atoms with Gasteiger partial charge in [0.15, 0.2) is 0 Å². The monoisotopic (exact) mass is 463 g/mol. The van der Waals surface area contributed by atoms with Gasteiger partial charge in [0.1, 0.15) is 0 Å². The molecule has 3 rings (SSSR count). The standard InChI is InChI=1S/C24H31Cl2N3O2/c1-24(2,3)19-6-4-18(5-7-19)17-29(11-10-28-12-14-31-15-13-28)23(30)27-20-8-9-21(25)22(26)16-20/h4-9,16H,10-15,17H2,1-3H3,(H,27,30). The number of morpholine rings is 1. The number of carbonyl (C=O) groups excluding carboxylic acids is 1. The number of halogens is 2. The highest BCUT2D eigenvalue weighted by Gasteiger charge is 2.19. The van der Waals surface area contributed by atoms with E-state index in [0.29, 0.717) is 28.8 Å². The van der Waals surface area contributed by atoms with Gasteiger partial charge >= 0.3 is 6.03 Å². The summed E-state index contributed by atoms with van der Waals surface area (Å²) in [4.78, 5) is 17.3. The Kier molecular flexibility index (Phi) is 8.23. The summed E-state index contributed by atoms with van der Waals surface area (Å²) in [6.45, 7) is 11.8. The van der Waals surface area contributed by atoms with Crippen molar-refractivity contribution in [1.29, 1.82) is 0 Å². The Morgan fingerprint density at radius 1 is 1.06 bits per heavy atom. The van der Waals surface area contributed by atoms with E-state index in [0.717, 1.165) is 38.4 Å². The van der Waals surface area contributed by atoms with Crippen LogP contribution in [0.3, 0.4) is 0 Å². The molecule has 0 unspecified atom stereocenters. The molecule has 0 atom stereocenters. The molecule has 1 aliphatic rings. The van der Waals surface area contributed by atoms with Crippen LogP contribution >= 0.6 is 23.2 Å². The van der Waals surface area contributed by atoms with Gasteiger partial charge in [-0.05, 0) is 34.7 Å². The van der Waals surface area contributed by atoms with E-state index < -0.39 is 0 Å². The van der Waals surface area contributed by atoms with E-state index in [2.05, 4.69) is 55.3 Å². The summed E-state index contributed by atoms with van der Waals surface area (Å²) in [6.07, 6.45) is 0. The Morgan fingerprint density at radius 3 is 2.35 bits per heavy atom. The minimum Gasteiger partial charge on any atom is -0.379 e.